The molecule has 0 aliphatic heterocycles. The zero-order valence-corrected chi connectivity index (χ0v) is 8.19. The van der Waals surface area contributed by atoms with Crippen molar-refractivity contribution in [2.24, 2.45) is 5.73 Å². The zero-order chi connectivity index (χ0) is 9.80. The molecule has 76 valence electrons. The lowest BCUT2D eigenvalue weighted by Crippen LogP contribution is -2.35. The first-order chi connectivity index (χ1) is 6.84. The second-order valence-electron chi connectivity index (χ2n) is 3.86. The highest BCUT2D eigenvalue weighted by molar-refractivity contribution is 5.31. The Balaban J connectivity index is 1.91. The van der Waals surface area contributed by atoms with Crippen molar-refractivity contribution in [1.82, 2.24) is 9.97 Å². The van der Waals surface area contributed by atoms with E-state index in [4.69, 9.17) is 5.73 Å². The summed E-state index contributed by atoms with van der Waals surface area (Å²) in [6.07, 6.45) is 9.71. The summed E-state index contributed by atoms with van der Waals surface area (Å²) >= 11 is 0. The lowest BCUT2D eigenvalue weighted by Gasteiger charge is -2.27. The first-order valence-corrected chi connectivity index (χ1v) is 5.13. The Morgan fingerprint density at radius 2 is 2.29 bits per heavy atom. The number of hydrogen-bond donors (Lipinski definition) is 2. The summed E-state index contributed by atoms with van der Waals surface area (Å²) in [5, 5.41) is 3.36. The van der Waals surface area contributed by atoms with Gasteiger partial charge in [0.25, 0.3) is 0 Å². The quantitative estimate of drug-likeness (QED) is 0.738. The van der Waals surface area contributed by atoms with Crippen molar-refractivity contribution in [3.63, 3.8) is 0 Å². The van der Waals surface area contributed by atoms with E-state index in [1.807, 2.05) is 0 Å². The molecular formula is C10H16N4. The van der Waals surface area contributed by atoms with Crippen molar-refractivity contribution in [3.8, 4) is 0 Å². The molecule has 1 aromatic heterocycles. The normalized spacial score (nSPS) is 27.2. The predicted octanol–water partition coefficient (Wildman–Crippen LogP) is 1.16. The lowest BCUT2D eigenvalue weighted by atomic mass is 9.92. The highest BCUT2D eigenvalue weighted by Gasteiger charge is 2.18. The van der Waals surface area contributed by atoms with Crippen molar-refractivity contribution >= 4 is 5.82 Å². The first kappa shape index (κ1) is 9.40. The maximum absolute atomic E-state index is 5.90. The summed E-state index contributed by atoms with van der Waals surface area (Å²) < 4.78 is 0. The molecule has 0 bridgehead atoms. The molecule has 1 heterocycles. The average molecular weight is 192 g/mol. The molecule has 1 aliphatic rings. The van der Waals surface area contributed by atoms with Gasteiger partial charge in [-0.1, -0.05) is 0 Å². The summed E-state index contributed by atoms with van der Waals surface area (Å²) in [6, 6.07) is 0.813. The Hall–Kier alpha value is -1.16. The van der Waals surface area contributed by atoms with E-state index in [1.165, 1.54) is 12.8 Å². The fourth-order valence-corrected chi connectivity index (χ4v) is 1.94. The highest BCUT2D eigenvalue weighted by Crippen LogP contribution is 2.19. The van der Waals surface area contributed by atoms with Crippen LogP contribution in [0.2, 0.25) is 0 Å². The minimum Gasteiger partial charge on any atom is -0.366 e. The summed E-state index contributed by atoms with van der Waals surface area (Å²) in [7, 11) is 0. The van der Waals surface area contributed by atoms with E-state index < -0.39 is 0 Å². The minimum absolute atomic E-state index is 0.345. The molecule has 0 amide bonds. The fourth-order valence-electron chi connectivity index (χ4n) is 1.94. The lowest BCUT2D eigenvalue weighted by molar-refractivity contribution is 0.409. The molecule has 4 nitrogen and oxygen atoms in total. The number of nitrogens with two attached hydrogens (primary N) is 1. The molecule has 0 saturated heterocycles. The fraction of sp³-hybridized carbons (Fsp3) is 0.600. The molecule has 0 spiro atoms. The van der Waals surface area contributed by atoms with Crippen LogP contribution in [-0.2, 0) is 0 Å². The molecule has 1 aromatic rings. The van der Waals surface area contributed by atoms with Crippen LogP contribution in [0.4, 0.5) is 5.82 Å². The topological polar surface area (TPSA) is 63.8 Å². The van der Waals surface area contributed by atoms with Gasteiger partial charge in [0.05, 0.1) is 6.20 Å². The van der Waals surface area contributed by atoms with E-state index in [0.29, 0.717) is 12.1 Å². The second kappa shape index (κ2) is 4.37. The Morgan fingerprint density at radius 3 is 3.00 bits per heavy atom. The molecule has 1 saturated carbocycles. The van der Waals surface area contributed by atoms with Gasteiger partial charge in [-0.2, -0.15) is 0 Å². The van der Waals surface area contributed by atoms with Crippen LogP contribution in [0.3, 0.4) is 0 Å². The third kappa shape index (κ3) is 2.42. The van der Waals surface area contributed by atoms with Crippen LogP contribution in [0.25, 0.3) is 0 Å². The van der Waals surface area contributed by atoms with Crippen LogP contribution >= 0.6 is 0 Å². The average Bonchev–Trinajstić information content (AvgIpc) is 2.19. The van der Waals surface area contributed by atoms with Gasteiger partial charge in [0.15, 0.2) is 0 Å². The summed E-state index contributed by atoms with van der Waals surface area (Å²) in [4.78, 5) is 8.20. The number of anilines is 1. The summed E-state index contributed by atoms with van der Waals surface area (Å²) in [5.41, 5.74) is 5.90. The minimum atomic E-state index is 0.345. The number of hydrogen-bond acceptors (Lipinski definition) is 4. The monoisotopic (exact) mass is 192 g/mol. The van der Waals surface area contributed by atoms with E-state index in [-0.39, 0.29) is 0 Å². The summed E-state index contributed by atoms with van der Waals surface area (Å²) in [5.74, 6) is 0.853. The molecule has 1 fully saturated rings. The van der Waals surface area contributed by atoms with Gasteiger partial charge in [0.2, 0.25) is 0 Å². The molecule has 0 aromatic carbocycles. The van der Waals surface area contributed by atoms with Crippen molar-refractivity contribution in [2.45, 2.75) is 37.8 Å². The molecule has 0 unspecified atom stereocenters. The van der Waals surface area contributed by atoms with E-state index in [1.54, 1.807) is 18.6 Å². The zero-order valence-electron chi connectivity index (χ0n) is 8.19. The van der Waals surface area contributed by atoms with Gasteiger partial charge < -0.3 is 11.1 Å². The van der Waals surface area contributed by atoms with Crippen LogP contribution in [-0.4, -0.2) is 22.1 Å². The van der Waals surface area contributed by atoms with Crippen molar-refractivity contribution < 1.29 is 0 Å². The molecule has 4 heteroatoms. The van der Waals surface area contributed by atoms with Crippen LogP contribution in [0.1, 0.15) is 25.7 Å². The Morgan fingerprint density at radius 1 is 1.36 bits per heavy atom. The number of rotatable bonds is 2. The van der Waals surface area contributed by atoms with Crippen molar-refractivity contribution in [2.75, 3.05) is 5.32 Å². The summed E-state index contributed by atoms with van der Waals surface area (Å²) in [6.45, 7) is 0. The molecule has 14 heavy (non-hydrogen) atoms. The molecule has 0 radical (unpaired) electrons. The van der Waals surface area contributed by atoms with Gasteiger partial charge in [0.1, 0.15) is 5.82 Å². The molecule has 2 rings (SSSR count). The van der Waals surface area contributed by atoms with Crippen LogP contribution in [0.15, 0.2) is 18.6 Å². The highest BCUT2D eigenvalue weighted by atomic mass is 15.0. The van der Waals surface area contributed by atoms with Gasteiger partial charge >= 0.3 is 0 Å². The van der Waals surface area contributed by atoms with Gasteiger partial charge in [-0.25, -0.2) is 4.98 Å². The van der Waals surface area contributed by atoms with Gasteiger partial charge in [0, 0.05) is 24.5 Å². The standard InChI is InChI=1S/C10H16N4/c11-8-2-1-3-9(6-8)14-10-7-12-4-5-13-10/h4-5,7-9H,1-3,6,11H2,(H,13,14)/t8-,9+/m0/s1. The third-order valence-corrected chi connectivity index (χ3v) is 2.63. The van der Waals surface area contributed by atoms with E-state index in [2.05, 4.69) is 15.3 Å². The molecule has 2 atom stereocenters. The maximum Gasteiger partial charge on any atom is 0.144 e. The smallest absolute Gasteiger partial charge is 0.144 e. The van der Waals surface area contributed by atoms with Crippen molar-refractivity contribution in [3.05, 3.63) is 18.6 Å². The van der Waals surface area contributed by atoms with Gasteiger partial charge in [-0.05, 0) is 25.7 Å². The Bertz CT molecular complexity index is 275. The van der Waals surface area contributed by atoms with Crippen LogP contribution in [0.5, 0.6) is 0 Å². The van der Waals surface area contributed by atoms with Gasteiger partial charge in [-0.3, -0.25) is 4.98 Å². The molecular weight excluding hydrogens is 176 g/mol. The first-order valence-electron chi connectivity index (χ1n) is 5.13. The SMILES string of the molecule is N[C@H]1CCC[C@@H](Nc2cnccn2)C1. The Kier molecular flexibility index (Phi) is 2.93. The molecule has 1 aliphatic carbocycles. The molecule has 3 N–H and O–H groups in total. The Labute approximate surface area is 83.9 Å². The van der Waals surface area contributed by atoms with Crippen LogP contribution < -0.4 is 11.1 Å². The predicted molar refractivity (Wildman–Crippen MR) is 55.9 cm³/mol. The second-order valence-corrected chi connectivity index (χ2v) is 3.86. The van der Waals surface area contributed by atoms with Gasteiger partial charge in [-0.15, -0.1) is 0 Å². The number of nitrogens with zero attached hydrogens (tertiary/aromatic N) is 2. The maximum atomic E-state index is 5.90. The number of nitrogens with one attached hydrogen (secondary N) is 1. The number of aromatic nitrogens is 2. The van der Waals surface area contributed by atoms with E-state index in [9.17, 15) is 0 Å². The third-order valence-electron chi connectivity index (χ3n) is 2.63. The van der Waals surface area contributed by atoms with E-state index >= 15 is 0 Å². The van der Waals surface area contributed by atoms with E-state index in [0.717, 1.165) is 18.7 Å². The largest absolute Gasteiger partial charge is 0.366 e. The van der Waals surface area contributed by atoms with Crippen LogP contribution in [0, 0.1) is 0 Å². The van der Waals surface area contributed by atoms with Crippen molar-refractivity contribution in [1.29, 1.82) is 0 Å².